The van der Waals surface area contributed by atoms with E-state index in [1.807, 2.05) is 0 Å². The lowest BCUT2D eigenvalue weighted by Gasteiger charge is -2.06. The summed E-state index contributed by atoms with van der Waals surface area (Å²) in [6.07, 6.45) is 1.36. The molecule has 0 bridgehead atoms. The van der Waals surface area contributed by atoms with E-state index >= 15 is 0 Å². The number of hydrogen-bond donors (Lipinski definition) is 1. The van der Waals surface area contributed by atoms with Crippen molar-refractivity contribution in [3.8, 4) is 5.75 Å². The molecule has 0 radical (unpaired) electrons. The van der Waals surface area contributed by atoms with Gasteiger partial charge in [-0.3, -0.25) is 4.79 Å². The number of carbonyl (C=O) groups excluding carboxylic acids is 1. The summed E-state index contributed by atoms with van der Waals surface area (Å²) >= 11 is 0. The lowest BCUT2D eigenvalue weighted by Crippen LogP contribution is -2.11. The van der Waals surface area contributed by atoms with Crippen LogP contribution in [0.5, 0.6) is 5.75 Å². The second-order valence-electron chi connectivity index (χ2n) is 4.22. The second-order valence-corrected chi connectivity index (χ2v) is 4.22. The van der Waals surface area contributed by atoms with E-state index < -0.39 is 0 Å². The van der Waals surface area contributed by atoms with E-state index in [2.05, 4.69) is 10.3 Å². The Hall–Kier alpha value is -2.82. The lowest BCUT2D eigenvalue weighted by atomic mass is 10.2. The summed E-state index contributed by atoms with van der Waals surface area (Å²) in [4.78, 5) is 16.1. The maximum atomic E-state index is 12.1. The SMILES string of the molecule is COc1ccc(NC(=O)c2ccc3ncoc3c2)cc1. The summed E-state index contributed by atoms with van der Waals surface area (Å²) < 4.78 is 10.2. The number of carbonyl (C=O) groups is 1. The van der Waals surface area contributed by atoms with Crippen molar-refractivity contribution in [2.45, 2.75) is 0 Å². The third kappa shape index (κ3) is 2.33. The summed E-state index contributed by atoms with van der Waals surface area (Å²) in [7, 11) is 1.60. The number of hydrogen-bond acceptors (Lipinski definition) is 4. The Morgan fingerprint density at radius 2 is 2.00 bits per heavy atom. The van der Waals surface area contributed by atoms with Crippen LogP contribution in [0.3, 0.4) is 0 Å². The van der Waals surface area contributed by atoms with Gasteiger partial charge in [-0.05, 0) is 42.5 Å². The minimum Gasteiger partial charge on any atom is -0.497 e. The Kier molecular flexibility index (Phi) is 3.09. The van der Waals surface area contributed by atoms with E-state index in [1.165, 1.54) is 6.39 Å². The Morgan fingerprint density at radius 3 is 2.75 bits per heavy atom. The van der Waals surface area contributed by atoms with Crippen LogP contribution in [-0.2, 0) is 0 Å². The molecule has 5 heteroatoms. The van der Waals surface area contributed by atoms with Gasteiger partial charge in [-0.2, -0.15) is 0 Å². The Morgan fingerprint density at radius 1 is 1.20 bits per heavy atom. The van der Waals surface area contributed by atoms with Gasteiger partial charge in [-0.25, -0.2) is 4.98 Å². The molecule has 1 amide bonds. The van der Waals surface area contributed by atoms with Crippen LogP contribution >= 0.6 is 0 Å². The number of anilines is 1. The molecule has 3 aromatic rings. The van der Waals surface area contributed by atoms with Gasteiger partial charge in [0.05, 0.1) is 7.11 Å². The van der Waals surface area contributed by atoms with E-state index in [4.69, 9.17) is 9.15 Å². The number of fused-ring (bicyclic) bond motifs is 1. The maximum Gasteiger partial charge on any atom is 0.255 e. The minimum atomic E-state index is -0.200. The van der Waals surface area contributed by atoms with E-state index in [0.717, 1.165) is 11.3 Å². The minimum absolute atomic E-state index is 0.200. The predicted octanol–water partition coefficient (Wildman–Crippen LogP) is 3.09. The maximum absolute atomic E-state index is 12.1. The predicted molar refractivity (Wildman–Crippen MR) is 75.0 cm³/mol. The molecule has 0 aliphatic heterocycles. The summed E-state index contributed by atoms with van der Waals surface area (Å²) in [5.41, 5.74) is 2.54. The average Bonchev–Trinajstić information content (AvgIpc) is 2.95. The standard InChI is InChI=1S/C15H12N2O3/c1-19-12-5-3-11(4-6-12)17-15(18)10-2-7-13-14(8-10)20-9-16-13/h2-9H,1H3,(H,17,18). The van der Waals surface area contributed by atoms with E-state index in [0.29, 0.717) is 16.8 Å². The number of nitrogens with zero attached hydrogens (tertiary/aromatic N) is 1. The van der Waals surface area contributed by atoms with Crippen molar-refractivity contribution in [2.24, 2.45) is 0 Å². The highest BCUT2D eigenvalue weighted by molar-refractivity contribution is 6.05. The molecule has 0 saturated heterocycles. The van der Waals surface area contributed by atoms with Crippen LogP contribution in [-0.4, -0.2) is 18.0 Å². The number of ether oxygens (including phenoxy) is 1. The number of nitrogens with one attached hydrogen (secondary N) is 1. The van der Waals surface area contributed by atoms with Crippen LogP contribution in [0.4, 0.5) is 5.69 Å². The molecule has 0 fully saturated rings. The largest absolute Gasteiger partial charge is 0.497 e. The van der Waals surface area contributed by atoms with Crippen molar-refractivity contribution in [1.29, 1.82) is 0 Å². The molecule has 1 heterocycles. The molecule has 1 N–H and O–H groups in total. The van der Waals surface area contributed by atoms with E-state index in [1.54, 1.807) is 49.6 Å². The van der Waals surface area contributed by atoms with Crippen molar-refractivity contribution < 1.29 is 13.9 Å². The number of aromatic nitrogens is 1. The zero-order valence-electron chi connectivity index (χ0n) is 10.8. The molecule has 20 heavy (non-hydrogen) atoms. The Bertz CT molecular complexity index is 747. The zero-order chi connectivity index (χ0) is 13.9. The highest BCUT2D eigenvalue weighted by Crippen LogP contribution is 2.18. The van der Waals surface area contributed by atoms with Gasteiger partial charge in [-0.15, -0.1) is 0 Å². The first-order chi connectivity index (χ1) is 9.76. The smallest absolute Gasteiger partial charge is 0.255 e. The third-order valence-electron chi connectivity index (χ3n) is 2.94. The van der Waals surface area contributed by atoms with Crippen molar-refractivity contribution >= 4 is 22.7 Å². The molecule has 100 valence electrons. The summed E-state index contributed by atoms with van der Waals surface area (Å²) in [5, 5.41) is 2.81. The molecular weight excluding hydrogens is 256 g/mol. The Labute approximate surface area is 115 Å². The number of oxazole rings is 1. The molecule has 2 aromatic carbocycles. The number of rotatable bonds is 3. The van der Waals surface area contributed by atoms with Gasteiger partial charge in [0.15, 0.2) is 12.0 Å². The molecule has 0 atom stereocenters. The highest BCUT2D eigenvalue weighted by atomic mass is 16.5. The monoisotopic (exact) mass is 268 g/mol. The lowest BCUT2D eigenvalue weighted by molar-refractivity contribution is 0.102. The topological polar surface area (TPSA) is 64.4 Å². The van der Waals surface area contributed by atoms with Crippen molar-refractivity contribution in [3.63, 3.8) is 0 Å². The van der Waals surface area contributed by atoms with Gasteiger partial charge in [0.2, 0.25) is 0 Å². The molecule has 0 aliphatic rings. The number of amides is 1. The quantitative estimate of drug-likeness (QED) is 0.792. The summed E-state index contributed by atoms with van der Waals surface area (Å²) in [6.45, 7) is 0. The molecule has 0 unspecified atom stereocenters. The first kappa shape index (κ1) is 12.2. The van der Waals surface area contributed by atoms with Gasteiger partial charge in [0, 0.05) is 11.3 Å². The molecule has 5 nitrogen and oxygen atoms in total. The van der Waals surface area contributed by atoms with Crippen molar-refractivity contribution in [3.05, 3.63) is 54.4 Å². The molecule has 3 rings (SSSR count). The van der Waals surface area contributed by atoms with Crippen LogP contribution in [0, 0.1) is 0 Å². The molecule has 0 saturated carbocycles. The highest BCUT2D eigenvalue weighted by Gasteiger charge is 2.08. The first-order valence-corrected chi connectivity index (χ1v) is 6.05. The molecular formula is C15H12N2O3. The van der Waals surface area contributed by atoms with Gasteiger partial charge >= 0.3 is 0 Å². The van der Waals surface area contributed by atoms with Crippen molar-refractivity contribution in [2.75, 3.05) is 12.4 Å². The fraction of sp³-hybridized carbons (Fsp3) is 0.0667. The normalized spacial score (nSPS) is 10.4. The first-order valence-electron chi connectivity index (χ1n) is 6.05. The van der Waals surface area contributed by atoms with Crippen LogP contribution in [0.15, 0.2) is 53.3 Å². The van der Waals surface area contributed by atoms with Crippen molar-refractivity contribution in [1.82, 2.24) is 4.98 Å². The fourth-order valence-corrected chi connectivity index (χ4v) is 1.87. The molecule has 0 aliphatic carbocycles. The number of benzene rings is 2. The fourth-order valence-electron chi connectivity index (χ4n) is 1.87. The van der Waals surface area contributed by atoms with E-state index in [-0.39, 0.29) is 5.91 Å². The molecule has 1 aromatic heterocycles. The third-order valence-corrected chi connectivity index (χ3v) is 2.94. The van der Waals surface area contributed by atoms with Gasteiger partial charge in [0.25, 0.3) is 5.91 Å². The summed E-state index contributed by atoms with van der Waals surface area (Å²) in [6, 6.07) is 12.3. The van der Waals surface area contributed by atoms with E-state index in [9.17, 15) is 4.79 Å². The number of methoxy groups -OCH3 is 1. The summed E-state index contributed by atoms with van der Waals surface area (Å²) in [5.74, 6) is 0.541. The van der Waals surface area contributed by atoms with Gasteiger partial charge < -0.3 is 14.5 Å². The van der Waals surface area contributed by atoms with Crippen LogP contribution in [0.2, 0.25) is 0 Å². The molecule has 0 spiro atoms. The van der Waals surface area contributed by atoms with Gasteiger partial charge in [0.1, 0.15) is 11.3 Å². The van der Waals surface area contributed by atoms with Gasteiger partial charge in [-0.1, -0.05) is 0 Å². The average molecular weight is 268 g/mol. The van der Waals surface area contributed by atoms with Crippen LogP contribution < -0.4 is 10.1 Å². The Balaban J connectivity index is 1.80. The van der Waals surface area contributed by atoms with Crippen LogP contribution in [0.1, 0.15) is 10.4 Å². The zero-order valence-corrected chi connectivity index (χ0v) is 10.8. The second kappa shape index (κ2) is 5.05. The van der Waals surface area contributed by atoms with Crippen LogP contribution in [0.25, 0.3) is 11.1 Å².